The largest absolute Gasteiger partial charge is 0.314 e. The van der Waals surface area contributed by atoms with Crippen LogP contribution in [0.25, 0.3) is 0 Å². The first-order valence-electron chi connectivity index (χ1n) is 7.26. The number of piperazine rings is 1. The molecule has 20 heavy (non-hydrogen) atoms. The summed E-state index contributed by atoms with van der Waals surface area (Å²) in [5.41, 5.74) is 4.00. The van der Waals surface area contributed by atoms with Crippen molar-refractivity contribution in [3.05, 3.63) is 65.5 Å². The van der Waals surface area contributed by atoms with E-state index in [0.717, 1.165) is 26.2 Å². The predicted octanol–water partition coefficient (Wildman–Crippen LogP) is 2.38. The van der Waals surface area contributed by atoms with Gasteiger partial charge in [-0.1, -0.05) is 29.8 Å². The van der Waals surface area contributed by atoms with E-state index >= 15 is 0 Å². The molecule has 1 atom stereocenters. The molecule has 1 aliphatic heterocycles. The predicted molar refractivity (Wildman–Crippen MR) is 81.7 cm³/mol. The summed E-state index contributed by atoms with van der Waals surface area (Å²) in [5, 5.41) is 3.43. The van der Waals surface area contributed by atoms with E-state index in [1.807, 2.05) is 12.4 Å². The number of aromatic nitrogens is 1. The molecule has 0 amide bonds. The second kappa shape index (κ2) is 6.16. The Morgan fingerprint density at radius 2 is 1.55 bits per heavy atom. The molecule has 2 aromatic rings. The van der Waals surface area contributed by atoms with E-state index in [9.17, 15) is 0 Å². The molecule has 0 radical (unpaired) electrons. The molecule has 1 N–H and O–H groups in total. The topological polar surface area (TPSA) is 28.2 Å². The first-order valence-corrected chi connectivity index (χ1v) is 7.26. The Hall–Kier alpha value is -1.71. The molecular formula is C17H21N3. The van der Waals surface area contributed by atoms with Crippen molar-refractivity contribution in [1.29, 1.82) is 0 Å². The normalized spacial score (nSPS) is 17.9. The number of rotatable bonds is 3. The lowest BCUT2D eigenvalue weighted by Gasteiger charge is -2.35. The van der Waals surface area contributed by atoms with Gasteiger partial charge in [0.15, 0.2) is 0 Å². The molecule has 0 spiro atoms. The maximum absolute atomic E-state index is 4.15. The second-order valence-electron chi connectivity index (χ2n) is 5.38. The summed E-state index contributed by atoms with van der Waals surface area (Å²) in [6.45, 7) is 6.43. The Kier molecular flexibility index (Phi) is 4.09. The summed E-state index contributed by atoms with van der Waals surface area (Å²) < 4.78 is 0. The van der Waals surface area contributed by atoms with Crippen LogP contribution < -0.4 is 5.32 Å². The summed E-state index contributed by atoms with van der Waals surface area (Å²) in [6, 6.07) is 13.5. The molecule has 0 bridgehead atoms. The zero-order valence-corrected chi connectivity index (χ0v) is 11.9. The van der Waals surface area contributed by atoms with Crippen LogP contribution in [0.4, 0.5) is 0 Å². The number of hydrogen-bond acceptors (Lipinski definition) is 3. The highest BCUT2D eigenvalue weighted by molar-refractivity contribution is 5.32. The van der Waals surface area contributed by atoms with Gasteiger partial charge in [-0.3, -0.25) is 9.88 Å². The SMILES string of the molecule is Cc1ccc(C(c2ccncc2)N2CCNCC2)cc1. The summed E-state index contributed by atoms with van der Waals surface area (Å²) in [5.74, 6) is 0. The highest BCUT2D eigenvalue weighted by Crippen LogP contribution is 2.28. The third-order valence-electron chi connectivity index (χ3n) is 3.93. The molecule has 1 aromatic heterocycles. The molecular weight excluding hydrogens is 246 g/mol. The zero-order chi connectivity index (χ0) is 13.8. The van der Waals surface area contributed by atoms with E-state index < -0.39 is 0 Å². The van der Waals surface area contributed by atoms with E-state index in [1.54, 1.807) is 0 Å². The minimum absolute atomic E-state index is 0.334. The summed E-state index contributed by atoms with van der Waals surface area (Å²) in [6.07, 6.45) is 3.78. The van der Waals surface area contributed by atoms with Gasteiger partial charge in [0, 0.05) is 38.6 Å². The summed E-state index contributed by atoms with van der Waals surface area (Å²) >= 11 is 0. The average Bonchev–Trinajstić information content (AvgIpc) is 2.52. The molecule has 1 unspecified atom stereocenters. The standard InChI is InChI=1S/C17H21N3/c1-14-2-4-15(5-3-14)17(16-6-8-18-9-7-16)20-12-10-19-11-13-20/h2-9,17,19H,10-13H2,1H3. The number of hydrogen-bond donors (Lipinski definition) is 1. The Balaban J connectivity index is 1.96. The molecule has 1 aliphatic rings. The Morgan fingerprint density at radius 1 is 0.950 bits per heavy atom. The first-order chi connectivity index (χ1) is 9.84. The zero-order valence-electron chi connectivity index (χ0n) is 11.9. The lowest BCUT2D eigenvalue weighted by molar-refractivity contribution is 0.198. The average molecular weight is 267 g/mol. The van der Waals surface area contributed by atoms with E-state index in [4.69, 9.17) is 0 Å². The lowest BCUT2D eigenvalue weighted by Crippen LogP contribution is -2.45. The van der Waals surface area contributed by atoms with Gasteiger partial charge in [0.05, 0.1) is 6.04 Å². The van der Waals surface area contributed by atoms with Crippen molar-refractivity contribution in [3.8, 4) is 0 Å². The van der Waals surface area contributed by atoms with Gasteiger partial charge in [-0.05, 0) is 30.2 Å². The van der Waals surface area contributed by atoms with Gasteiger partial charge in [0.25, 0.3) is 0 Å². The summed E-state index contributed by atoms with van der Waals surface area (Å²) in [4.78, 5) is 6.70. The van der Waals surface area contributed by atoms with Gasteiger partial charge in [-0.15, -0.1) is 0 Å². The molecule has 0 aliphatic carbocycles. The minimum atomic E-state index is 0.334. The maximum atomic E-state index is 4.15. The molecule has 0 saturated carbocycles. The Labute approximate surface area is 120 Å². The van der Waals surface area contributed by atoms with Gasteiger partial charge in [-0.25, -0.2) is 0 Å². The Morgan fingerprint density at radius 3 is 2.20 bits per heavy atom. The highest BCUT2D eigenvalue weighted by Gasteiger charge is 2.23. The van der Waals surface area contributed by atoms with Crippen LogP contribution in [0, 0.1) is 6.92 Å². The van der Waals surface area contributed by atoms with Crippen molar-refractivity contribution < 1.29 is 0 Å². The minimum Gasteiger partial charge on any atom is -0.314 e. The van der Waals surface area contributed by atoms with Crippen LogP contribution in [-0.4, -0.2) is 36.1 Å². The first kappa shape index (κ1) is 13.3. The van der Waals surface area contributed by atoms with E-state index in [0.29, 0.717) is 6.04 Å². The van der Waals surface area contributed by atoms with Crippen molar-refractivity contribution in [2.24, 2.45) is 0 Å². The monoisotopic (exact) mass is 267 g/mol. The van der Waals surface area contributed by atoms with Crippen molar-refractivity contribution >= 4 is 0 Å². The van der Waals surface area contributed by atoms with Gasteiger partial charge in [-0.2, -0.15) is 0 Å². The molecule has 1 fully saturated rings. The molecule has 3 heteroatoms. The van der Waals surface area contributed by atoms with Gasteiger partial charge in [0.1, 0.15) is 0 Å². The van der Waals surface area contributed by atoms with E-state index in [1.165, 1.54) is 16.7 Å². The fraction of sp³-hybridized carbons (Fsp3) is 0.353. The van der Waals surface area contributed by atoms with Gasteiger partial charge >= 0.3 is 0 Å². The third-order valence-corrected chi connectivity index (χ3v) is 3.93. The molecule has 2 heterocycles. The quantitative estimate of drug-likeness (QED) is 0.925. The van der Waals surface area contributed by atoms with Crippen LogP contribution >= 0.6 is 0 Å². The number of nitrogens with one attached hydrogen (secondary N) is 1. The molecule has 3 nitrogen and oxygen atoms in total. The Bertz CT molecular complexity index is 530. The molecule has 104 valence electrons. The number of benzene rings is 1. The highest BCUT2D eigenvalue weighted by atomic mass is 15.2. The van der Waals surface area contributed by atoms with Crippen LogP contribution in [0.2, 0.25) is 0 Å². The number of pyridine rings is 1. The fourth-order valence-electron chi connectivity index (χ4n) is 2.85. The lowest BCUT2D eigenvalue weighted by atomic mass is 9.96. The van der Waals surface area contributed by atoms with Crippen molar-refractivity contribution in [1.82, 2.24) is 15.2 Å². The molecule has 1 saturated heterocycles. The van der Waals surface area contributed by atoms with Crippen LogP contribution in [0.15, 0.2) is 48.8 Å². The third kappa shape index (κ3) is 2.89. The van der Waals surface area contributed by atoms with Crippen molar-refractivity contribution in [2.45, 2.75) is 13.0 Å². The fourth-order valence-corrected chi connectivity index (χ4v) is 2.85. The van der Waals surface area contributed by atoms with Crippen LogP contribution in [0.1, 0.15) is 22.7 Å². The van der Waals surface area contributed by atoms with Crippen LogP contribution in [-0.2, 0) is 0 Å². The van der Waals surface area contributed by atoms with Gasteiger partial charge < -0.3 is 5.32 Å². The molecule has 3 rings (SSSR count). The van der Waals surface area contributed by atoms with Crippen LogP contribution in [0.3, 0.4) is 0 Å². The van der Waals surface area contributed by atoms with E-state index in [-0.39, 0.29) is 0 Å². The van der Waals surface area contributed by atoms with Crippen molar-refractivity contribution in [2.75, 3.05) is 26.2 Å². The van der Waals surface area contributed by atoms with Crippen molar-refractivity contribution in [3.63, 3.8) is 0 Å². The maximum Gasteiger partial charge on any atom is 0.0603 e. The van der Waals surface area contributed by atoms with Gasteiger partial charge in [0.2, 0.25) is 0 Å². The number of nitrogens with zero attached hydrogens (tertiary/aromatic N) is 2. The second-order valence-corrected chi connectivity index (χ2v) is 5.38. The molecule has 1 aromatic carbocycles. The van der Waals surface area contributed by atoms with Crippen LogP contribution in [0.5, 0.6) is 0 Å². The summed E-state index contributed by atoms with van der Waals surface area (Å²) in [7, 11) is 0. The number of aryl methyl sites for hydroxylation is 1. The smallest absolute Gasteiger partial charge is 0.0603 e. The van der Waals surface area contributed by atoms with E-state index in [2.05, 4.69) is 58.5 Å².